The fourth-order valence-corrected chi connectivity index (χ4v) is 0.905. The second-order valence-electron chi connectivity index (χ2n) is 2.46. The molecule has 0 fully saturated rings. The van der Waals surface area contributed by atoms with E-state index >= 15 is 0 Å². The van der Waals surface area contributed by atoms with Crippen molar-refractivity contribution >= 4 is 11.6 Å². The number of hydrogen-bond acceptors (Lipinski definition) is 0. The first-order valence-electron chi connectivity index (χ1n) is 4.10. The molecule has 0 amide bonds. The number of rotatable bonds is 3. The number of halogens is 1. The minimum absolute atomic E-state index is 1.03. The molecule has 0 radical (unpaired) electrons. The van der Waals surface area contributed by atoms with Gasteiger partial charge in [0, 0.05) is 5.54 Å². The first-order valence-corrected chi connectivity index (χ1v) is 4.54. The Hall–Kier alpha value is -0.710. The zero-order chi connectivity index (χ0) is 9.40. The highest BCUT2D eigenvalue weighted by molar-refractivity contribution is 6.25. The van der Waals surface area contributed by atoms with Crippen LogP contribution in [0.15, 0.2) is 40.6 Å². The van der Waals surface area contributed by atoms with E-state index in [1.165, 1.54) is 16.7 Å². The molecule has 0 saturated heterocycles. The summed E-state index contributed by atoms with van der Waals surface area (Å²) in [5.41, 5.74) is 6.69. The van der Waals surface area contributed by atoms with Crippen molar-refractivity contribution in [3.63, 3.8) is 0 Å². The van der Waals surface area contributed by atoms with Crippen LogP contribution in [-0.4, -0.2) is 0 Å². The van der Waals surface area contributed by atoms with E-state index in [-0.39, 0.29) is 0 Å². The molecule has 0 N–H and O–H groups in total. The van der Waals surface area contributed by atoms with E-state index in [2.05, 4.69) is 31.7 Å². The van der Waals surface area contributed by atoms with Gasteiger partial charge in [-0.05, 0) is 37.5 Å². The quantitative estimate of drug-likeness (QED) is 0.454. The molecular formula is C11H15Cl. The smallest absolute Gasteiger partial charge is 0.0462 e. The maximum Gasteiger partial charge on any atom is 0.0462 e. The van der Waals surface area contributed by atoms with E-state index in [0.29, 0.717) is 0 Å². The zero-order valence-corrected chi connectivity index (χ0v) is 8.65. The van der Waals surface area contributed by atoms with Gasteiger partial charge in [-0.3, -0.25) is 0 Å². The van der Waals surface area contributed by atoms with Gasteiger partial charge in [0.25, 0.3) is 0 Å². The summed E-state index contributed by atoms with van der Waals surface area (Å²) in [5.74, 6) is 0. The molecule has 0 atom stereocenters. The third-order valence-corrected chi connectivity index (χ3v) is 1.74. The molecule has 0 aromatic carbocycles. The summed E-state index contributed by atoms with van der Waals surface area (Å²) < 4.78 is 0. The van der Waals surface area contributed by atoms with Gasteiger partial charge < -0.3 is 0 Å². The predicted molar refractivity (Wildman–Crippen MR) is 56.3 cm³/mol. The molecule has 1 heteroatoms. The lowest BCUT2D eigenvalue weighted by atomic mass is 10.1. The Labute approximate surface area is 79.9 Å². The van der Waals surface area contributed by atoms with Gasteiger partial charge in [-0.1, -0.05) is 30.7 Å². The molecule has 66 valence electrons. The average Bonchev–Trinajstić information content (AvgIpc) is 2.11. The molecule has 0 aromatic heterocycles. The average molecular weight is 183 g/mol. The first-order chi connectivity index (χ1) is 5.76. The van der Waals surface area contributed by atoms with Crippen LogP contribution >= 0.6 is 11.6 Å². The van der Waals surface area contributed by atoms with Crippen LogP contribution in [0.2, 0.25) is 0 Å². The van der Waals surface area contributed by atoms with Gasteiger partial charge in [0.2, 0.25) is 0 Å². The summed E-state index contributed by atoms with van der Waals surface area (Å²) >= 11 is 5.38. The molecule has 0 bridgehead atoms. The molecule has 0 aliphatic heterocycles. The van der Waals surface area contributed by atoms with E-state index in [4.69, 9.17) is 11.6 Å². The zero-order valence-electron chi connectivity index (χ0n) is 7.89. The molecular weight excluding hydrogens is 168 g/mol. The Morgan fingerprint density at radius 2 is 2.17 bits per heavy atom. The summed E-state index contributed by atoms with van der Waals surface area (Å²) in [6, 6.07) is 0. The lowest BCUT2D eigenvalue weighted by Gasteiger charge is -1.98. The van der Waals surface area contributed by atoms with Crippen LogP contribution in [0, 0.1) is 0 Å². The minimum atomic E-state index is 1.03. The van der Waals surface area contributed by atoms with Crippen LogP contribution < -0.4 is 0 Å². The lowest BCUT2D eigenvalue weighted by Crippen LogP contribution is -1.79. The molecule has 0 saturated carbocycles. The van der Waals surface area contributed by atoms with Gasteiger partial charge in [-0.25, -0.2) is 0 Å². The molecule has 12 heavy (non-hydrogen) atoms. The van der Waals surface area contributed by atoms with Crippen LogP contribution in [0.3, 0.4) is 0 Å². The third kappa shape index (κ3) is 4.23. The molecule has 0 unspecified atom stereocenters. The van der Waals surface area contributed by atoms with E-state index in [0.717, 1.165) is 6.42 Å². The van der Waals surface area contributed by atoms with Gasteiger partial charge in [0.05, 0.1) is 0 Å². The van der Waals surface area contributed by atoms with Gasteiger partial charge >= 0.3 is 0 Å². The van der Waals surface area contributed by atoms with Crippen molar-refractivity contribution < 1.29 is 0 Å². The van der Waals surface area contributed by atoms with Crippen LogP contribution in [0.25, 0.3) is 0 Å². The summed E-state index contributed by atoms with van der Waals surface area (Å²) in [5, 5.41) is 0. The highest BCUT2D eigenvalue weighted by Crippen LogP contribution is 2.10. The molecule has 0 rings (SSSR count). The van der Waals surface area contributed by atoms with E-state index in [1.54, 1.807) is 0 Å². The molecule has 0 nitrogen and oxygen atoms in total. The summed E-state index contributed by atoms with van der Waals surface area (Å²) in [7, 11) is 0. The fraction of sp³-hybridized carbons (Fsp3) is 0.364. The molecule has 0 aliphatic carbocycles. The minimum Gasteiger partial charge on any atom is -0.108 e. The van der Waals surface area contributed by atoms with E-state index < -0.39 is 0 Å². The monoisotopic (exact) mass is 182 g/mol. The summed E-state index contributed by atoms with van der Waals surface area (Å²) in [6.45, 7) is 6.21. The molecule has 0 aromatic rings. The van der Waals surface area contributed by atoms with Gasteiger partial charge in [-0.2, -0.15) is 0 Å². The molecule has 0 aliphatic rings. The van der Waals surface area contributed by atoms with Crippen LogP contribution in [-0.2, 0) is 0 Å². The second-order valence-corrected chi connectivity index (χ2v) is 2.68. The van der Waals surface area contributed by atoms with Crippen molar-refractivity contribution in [2.45, 2.75) is 27.2 Å². The Bertz CT molecular complexity index is 238. The van der Waals surface area contributed by atoms with Crippen LogP contribution in [0.5, 0.6) is 0 Å². The highest BCUT2D eigenvalue weighted by atomic mass is 35.5. The van der Waals surface area contributed by atoms with Gasteiger partial charge in [-0.15, -0.1) is 5.73 Å². The fourth-order valence-electron chi connectivity index (χ4n) is 0.842. The first kappa shape index (κ1) is 11.3. The predicted octanol–water partition coefficient (Wildman–Crippen LogP) is 4.20. The number of hydrogen-bond donors (Lipinski definition) is 0. The maximum absolute atomic E-state index is 5.38. The molecule has 0 spiro atoms. The van der Waals surface area contributed by atoms with Crippen molar-refractivity contribution in [2.24, 2.45) is 0 Å². The summed E-state index contributed by atoms with van der Waals surface area (Å²) in [6.07, 6.45) is 7.16. The molecule has 0 heterocycles. The highest BCUT2D eigenvalue weighted by Gasteiger charge is 1.91. The van der Waals surface area contributed by atoms with Gasteiger partial charge in [0.1, 0.15) is 0 Å². The second kappa shape index (κ2) is 6.97. The van der Waals surface area contributed by atoms with Crippen molar-refractivity contribution in [3.8, 4) is 0 Å². The van der Waals surface area contributed by atoms with Crippen LogP contribution in [0.4, 0.5) is 0 Å². The standard InChI is InChI=1S/C11H15Cl/c1-4-7-11(8-6-9-12)10(3)5-2/h5,7-9H,4H2,1-3H3. The Morgan fingerprint density at radius 1 is 1.50 bits per heavy atom. The Morgan fingerprint density at radius 3 is 2.58 bits per heavy atom. The topological polar surface area (TPSA) is 0 Å². The number of allylic oxidation sites excluding steroid dienone is 5. The van der Waals surface area contributed by atoms with Crippen molar-refractivity contribution in [1.29, 1.82) is 0 Å². The third-order valence-electron chi connectivity index (χ3n) is 1.61. The van der Waals surface area contributed by atoms with Crippen molar-refractivity contribution in [3.05, 3.63) is 40.6 Å². The lowest BCUT2D eigenvalue weighted by molar-refractivity contribution is 1.19. The van der Waals surface area contributed by atoms with Gasteiger partial charge in [0.15, 0.2) is 0 Å². The van der Waals surface area contributed by atoms with E-state index in [1.807, 2.05) is 13.0 Å². The SMILES string of the molecule is CC=C(C)C(C=C=CCl)=CCC. The van der Waals surface area contributed by atoms with Crippen molar-refractivity contribution in [2.75, 3.05) is 0 Å². The summed E-state index contributed by atoms with van der Waals surface area (Å²) in [4.78, 5) is 0. The maximum atomic E-state index is 5.38. The Kier molecular flexibility index (Phi) is 6.55. The van der Waals surface area contributed by atoms with Crippen molar-refractivity contribution in [1.82, 2.24) is 0 Å². The van der Waals surface area contributed by atoms with Crippen LogP contribution in [0.1, 0.15) is 27.2 Å². The van der Waals surface area contributed by atoms with E-state index in [9.17, 15) is 0 Å². The largest absolute Gasteiger partial charge is 0.108 e. The normalized spacial score (nSPS) is 12.3. The Balaban J connectivity index is 4.69.